The third-order valence-electron chi connectivity index (χ3n) is 6.50. The minimum Gasteiger partial charge on any atom is -0.387 e. The summed E-state index contributed by atoms with van der Waals surface area (Å²) >= 11 is 0. The predicted octanol–water partition coefficient (Wildman–Crippen LogP) is 4.05. The fraction of sp³-hybridized carbons (Fsp3) is 0.185. The molecule has 0 fully saturated rings. The zero-order valence-electron chi connectivity index (χ0n) is 17.8. The lowest BCUT2D eigenvalue weighted by Crippen LogP contribution is -2.36. The molecular weight excluding hydrogens is 400 g/mol. The summed E-state index contributed by atoms with van der Waals surface area (Å²) in [5.41, 5.74) is 3.05. The molecule has 0 saturated heterocycles. The molecule has 5 heteroatoms. The number of carbonyl (C=O) groups is 1. The van der Waals surface area contributed by atoms with Crippen molar-refractivity contribution in [3.8, 4) is 5.69 Å². The molecule has 3 atom stereocenters. The monoisotopic (exact) mass is 424 g/mol. The lowest BCUT2D eigenvalue weighted by atomic mass is 9.70. The largest absolute Gasteiger partial charge is 0.387 e. The second kappa shape index (κ2) is 8.09. The van der Waals surface area contributed by atoms with Gasteiger partial charge in [-0.05, 0) is 24.1 Å². The van der Waals surface area contributed by atoms with E-state index < -0.39 is 12.0 Å². The summed E-state index contributed by atoms with van der Waals surface area (Å²) in [7, 11) is 1.83. The number of Topliss-reactive ketones (excluding diaryl/α,β-unsaturated/α-hetero) is 1. The molecule has 0 amide bonds. The number of hydrogen-bond acceptors (Lipinski definition) is 3. The van der Waals surface area contributed by atoms with Crippen LogP contribution in [0.4, 0.5) is 0 Å². The van der Waals surface area contributed by atoms with Gasteiger partial charge in [0, 0.05) is 24.2 Å². The van der Waals surface area contributed by atoms with Crippen molar-refractivity contribution < 1.29 is 9.90 Å². The highest BCUT2D eigenvalue weighted by Gasteiger charge is 2.45. The van der Waals surface area contributed by atoms with Crippen LogP contribution in [0.2, 0.25) is 0 Å². The Balaban J connectivity index is 1.69. The van der Waals surface area contributed by atoms with Gasteiger partial charge in [-0.25, -0.2) is 4.68 Å². The van der Waals surface area contributed by atoms with Crippen molar-refractivity contribution in [3.05, 3.63) is 124 Å². The van der Waals surface area contributed by atoms with E-state index in [9.17, 15) is 14.7 Å². The molecule has 0 saturated carbocycles. The van der Waals surface area contributed by atoms with Gasteiger partial charge < -0.3 is 5.11 Å². The van der Waals surface area contributed by atoms with Crippen LogP contribution in [0, 0.1) is 5.92 Å². The summed E-state index contributed by atoms with van der Waals surface area (Å²) < 4.78 is 3.39. The third-order valence-corrected chi connectivity index (χ3v) is 6.50. The second-order valence-electron chi connectivity index (χ2n) is 8.26. The Morgan fingerprint density at radius 3 is 2.06 bits per heavy atom. The number of aromatic nitrogens is 2. The van der Waals surface area contributed by atoms with E-state index in [-0.39, 0.29) is 17.3 Å². The van der Waals surface area contributed by atoms with Crippen LogP contribution in [0.25, 0.3) is 5.69 Å². The van der Waals surface area contributed by atoms with Gasteiger partial charge in [0.05, 0.1) is 23.3 Å². The highest BCUT2D eigenvalue weighted by atomic mass is 16.3. The van der Waals surface area contributed by atoms with Gasteiger partial charge in [0.25, 0.3) is 5.56 Å². The topological polar surface area (TPSA) is 64.2 Å². The first-order chi connectivity index (χ1) is 15.6. The van der Waals surface area contributed by atoms with Crippen molar-refractivity contribution in [1.82, 2.24) is 9.36 Å². The molecule has 4 aromatic rings. The number of hydrogen-bond donors (Lipinski definition) is 1. The maximum absolute atomic E-state index is 13.6. The van der Waals surface area contributed by atoms with E-state index in [1.165, 1.54) is 0 Å². The quantitative estimate of drug-likeness (QED) is 0.503. The zero-order chi connectivity index (χ0) is 22.2. The van der Waals surface area contributed by atoms with Gasteiger partial charge in [0.2, 0.25) is 0 Å². The molecule has 5 rings (SSSR count). The van der Waals surface area contributed by atoms with Gasteiger partial charge in [0.1, 0.15) is 0 Å². The predicted molar refractivity (Wildman–Crippen MR) is 123 cm³/mol. The Labute approximate surface area is 186 Å². The molecule has 0 bridgehead atoms. The number of carbonyl (C=O) groups excluding carboxylic acids is 1. The molecule has 160 valence electrons. The highest BCUT2D eigenvalue weighted by Crippen LogP contribution is 2.44. The van der Waals surface area contributed by atoms with Gasteiger partial charge in [-0.15, -0.1) is 0 Å². The zero-order valence-corrected chi connectivity index (χ0v) is 17.8. The number of aliphatic hydroxyl groups is 1. The van der Waals surface area contributed by atoms with Crippen molar-refractivity contribution in [2.45, 2.75) is 18.4 Å². The van der Waals surface area contributed by atoms with Crippen LogP contribution in [0.3, 0.4) is 0 Å². The molecule has 1 aromatic heterocycles. The SMILES string of the molecule is Cn1c2c(c(=O)n1-c1ccccc1)C(O)C(C(=O)c1ccccc1)C(c1ccccc1)C2. The molecular formula is C27H24N2O3. The number of nitrogens with zero attached hydrogens (tertiary/aromatic N) is 2. The minimum absolute atomic E-state index is 0.146. The Kier molecular flexibility index (Phi) is 5.11. The van der Waals surface area contributed by atoms with Crippen molar-refractivity contribution >= 4 is 5.78 Å². The summed E-state index contributed by atoms with van der Waals surface area (Å²) in [5, 5.41) is 11.5. The van der Waals surface area contributed by atoms with E-state index in [1.54, 1.807) is 16.8 Å². The first-order valence-corrected chi connectivity index (χ1v) is 10.8. The Morgan fingerprint density at radius 1 is 0.875 bits per heavy atom. The third kappa shape index (κ3) is 3.22. The number of rotatable bonds is 4. The van der Waals surface area contributed by atoms with E-state index in [4.69, 9.17) is 0 Å². The smallest absolute Gasteiger partial charge is 0.277 e. The van der Waals surface area contributed by atoms with E-state index in [0.717, 1.165) is 16.9 Å². The molecule has 32 heavy (non-hydrogen) atoms. The van der Waals surface area contributed by atoms with E-state index in [1.807, 2.05) is 90.6 Å². The van der Waals surface area contributed by atoms with Crippen LogP contribution in [0.15, 0.2) is 95.8 Å². The van der Waals surface area contributed by atoms with E-state index in [2.05, 4.69) is 0 Å². The summed E-state index contributed by atoms with van der Waals surface area (Å²) in [6, 6.07) is 28.2. The maximum Gasteiger partial charge on any atom is 0.277 e. The second-order valence-corrected chi connectivity index (χ2v) is 8.26. The fourth-order valence-electron chi connectivity index (χ4n) is 4.95. The number of aliphatic hydroxyl groups excluding tert-OH is 1. The highest BCUT2D eigenvalue weighted by molar-refractivity contribution is 5.99. The number of benzene rings is 3. The Bertz CT molecular complexity index is 1310. The molecule has 1 N–H and O–H groups in total. The van der Waals surface area contributed by atoms with Crippen LogP contribution < -0.4 is 5.56 Å². The molecule has 3 aromatic carbocycles. The Hall–Kier alpha value is -3.70. The standard InChI is InChI=1S/C27H24N2O3/c1-28-22-17-21(18-11-5-2-6-12-18)23(25(30)19-13-7-3-8-14-19)26(31)24(22)27(32)29(28)20-15-9-4-10-16-20/h2-16,21,23,26,31H,17H2,1H3. The number of fused-ring (bicyclic) bond motifs is 1. The van der Waals surface area contributed by atoms with Gasteiger partial charge in [-0.3, -0.25) is 14.3 Å². The lowest BCUT2D eigenvalue weighted by Gasteiger charge is -2.34. The van der Waals surface area contributed by atoms with Crippen LogP contribution in [-0.2, 0) is 13.5 Å². The fourth-order valence-corrected chi connectivity index (χ4v) is 4.95. The molecule has 5 nitrogen and oxygen atoms in total. The minimum atomic E-state index is -1.19. The van der Waals surface area contributed by atoms with Crippen molar-refractivity contribution in [2.24, 2.45) is 13.0 Å². The molecule has 1 aliphatic rings. The lowest BCUT2D eigenvalue weighted by molar-refractivity contribution is 0.0557. The van der Waals surface area contributed by atoms with Crippen LogP contribution in [0.5, 0.6) is 0 Å². The van der Waals surface area contributed by atoms with Crippen molar-refractivity contribution in [1.29, 1.82) is 0 Å². The molecule has 0 spiro atoms. The first-order valence-electron chi connectivity index (χ1n) is 10.8. The van der Waals surface area contributed by atoms with Gasteiger partial charge in [-0.1, -0.05) is 78.9 Å². The molecule has 0 radical (unpaired) electrons. The number of para-hydroxylation sites is 1. The van der Waals surface area contributed by atoms with Gasteiger partial charge in [0.15, 0.2) is 5.78 Å². The number of ketones is 1. The molecule has 0 aliphatic heterocycles. The summed E-state index contributed by atoms with van der Waals surface area (Å²) in [6.07, 6.45) is -0.703. The Morgan fingerprint density at radius 2 is 1.44 bits per heavy atom. The van der Waals surface area contributed by atoms with Crippen LogP contribution in [0.1, 0.15) is 39.2 Å². The average Bonchev–Trinajstić information content (AvgIpc) is 3.10. The summed E-state index contributed by atoms with van der Waals surface area (Å²) in [5.74, 6) is -1.14. The van der Waals surface area contributed by atoms with E-state index in [0.29, 0.717) is 17.5 Å². The van der Waals surface area contributed by atoms with Gasteiger partial charge in [-0.2, -0.15) is 0 Å². The van der Waals surface area contributed by atoms with E-state index >= 15 is 0 Å². The molecule has 3 unspecified atom stereocenters. The molecule has 1 aliphatic carbocycles. The van der Waals surface area contributed by atoms with Crippen LogP contribution in [-0.4, -0.2) is 20.3 Å². The average molecular weight is 425 g/mol. The normalized spacial score (nSPS) is 20.0. The van der Waals surface area contributed by atoms with Gasteiger partial charge >= 0.3 is 0 Å². The summed E-state index contributed by atoms with van der Waals surface area (Å²) in [6.45, 7) is 0. The van der Waals surface area contributed by atoms with Crippen LogP contribution >= 0.6 is 0 Å². The first kappa shape index (κ1) is 20.2. The summed E-state index contributed by atoms with van der Waals surface area (Å²) in [4.78, 5) is 27.1. The molecule has 1 heterocycles. The van der Waals surface area contributed by atoms with Crippen molar-refractivity contribution in [2.75, 3.05) is 0 Å². The maximum atomic E-state index is 13.6. The van der Waals surface area contributed by atoms with Crippen molar-refractivity contribution in [3.63, 3.8) is 0 Å².